The van der Waals surface area contributed by atoms with E-state index < -0.39 is 0 Å². The average molecular weight is 470 g/mol. The van der Waals surface area contributed by atoms with Crippen molar-refractivity contribution in [2.24, 2.45) is 0 Å². The van der Waals surface area contributed by atoms with Crippen molar-refractivity contribution in [3.05, 3.63) is 77.5 Å². The van der Waals surface area contributed by atoms with Crippen LogP contribution in [0.5, 0.6) is 0 Å². The van der Waals surface area contributed by atoms with Crippen molar-refractivity contribution in [2.45, 2.75) is 33.4 Å². The van der Waals surface area contributed by atoms with Crippen molar-refractivity contribution in [3.8, 4) is 11.3 Å². The Morgan fingerprint density at radius 1 is 1.09 bits per heavy atom. The molecule has 1 saturated heterocycles. The molecule has 1 aliphatic heterocycles. The molecule has 0 spiro atoms. The maximum absolute atomic E-state index is 13.5. The number of morpholine rings is 1. The first-order valence-corrected chi connectivity index (χ1v) is 12.1. The van der Waals surface area contributed by atoms with Crippen molar-refractivity contribution in [1.29, 1.82) is 0 Å². The predicted molar refractivity (Wildman–Crippen MR) is 139 cm³/mol. The SMILES string of the molecule is Cc1ccc(-c2cc(C(=O)Nc3cccc(CN4CCOCC4)c3)c3cnn(C(C)C)c3n2)cc1. The molecule has 2 aromatic carbocycles. The zero-order valence-electron chi connectivity index (χ0n) is 20.5. The van der Waals surface area contributed by atoms with E-state index in [9.17, 15) is 4.79 Å². The Balaban J connectivity index is 1.47. The normalized spacial score (nSPS) is 14.5. The second-order valence-electron chi connectivity index (χ2n) is 9.38. The van der Waals surface area contributed by atoms with Crippen molar-refractivity contribution < 1.29 is 9.53 Å². The molecule has 2 aromatic heterocycles. The molecule has 1 aliphatic rings. The van der Waals surface area contributed by atoms with Crippen LogP contribution in [-0.4, -0.2) is 51.9 Å². The highest BCUT2D eigenvalue weighted by Gasteiger charge is 2.19. The maximum atomic E-state index is 13.5. The summed E-state index contributed by atoms with van der Waals surface area (Å²) in [5.74, 6) is -0.169. The summed E-state index contributed by atoms with van der Waals surface area (Å²) in [7, 11) is 0. The van der Waals surface area contributed by atoms with Crippen molar-refractivity contribution in [3.63, 3.8) is 0 Å². The minimum absolute atomic E-state index is 0.126. The Morgan fingerprint density at radius 3 is 2.60 bits per heavy atom. The first-order valence-electron chi connectivity index (χ1n) is 12.1. The van der Waals surface area contributed by atoms with Crippen LogP contribution >= 0.6 is 0 Å². The quantitative estimate of drug-likeness (QED) is 0.427. The van der Waals surface area contributed by atoms with Gasteiger partial charge in [-0.25, -0.2) is 9.67 Å². The molecule has 3 heterocycles. The number of nitrogens with one attached hydrogen (secondary N) is 1. The number of amides is 1. The molecule has 1 amide bonds. The summed E-state index contributed by atoms with van der Waals surface area (Å²) in [5.41, 5.74) is 6.12. The van der Waals surface area contributed by atoms with Crippen LogP contribution in [0.15, 0.2) is 60.8 Å². The summed E-state index contributed by atoms with van der Waals surface area (Å²) in [5, 5.41) is 8.39. The first-order chi connectivity index (χ1) is 17.0. The molecule has 7 nitrogen and oxygen atoms in total. The Morgan fingerprint density at radius 2 is 1.86 bits per heavy atom. The van der Waals surface area contributed by atoms with Gasteiger partial charge in [-0.05, 0) is 44.5 Å². The van der Waals surface area contributed by atoms with Gasteiger partial charge in [0.2, 0.25) is 0 Å². The molecule has 0 atom stereocenters. The number of fused-ring (bicyclic) bond motifs is 1. The predicted octanol–water partition coefficient (Wildman–Crippen LogP) is 5.07. The number of anilines is 1. The monoisotopic (exact) mass is 469 g/mol. The Bertz CT molecular complexity index is 1340. The van der Waals surface area contributed by atoms with Gasteiger partial charge in [-0.2, -0.15) is 5.10 Å². The highest BCUT2D eigenvalue weighted by Crippen LogP contribution is 2.27. The molecule has 4 aromatic rings. The van der Waals surface area contributed by atoms with Crippen LogP contribution in [0.1, 0.15) is 41.4 Å². The van der Waals surface area contributed by atoms with Gasteiger partial charge in [0.15, 0.2) is 5.65 Å². The van der Waals surface area contributed by atoms with Crippen LogP contribution in [0, 0.1) is 6.92 Å². The smallest absolute Gasteiger partial charge is 0.256 e. The van der Waals surface area contributed by atoms with Crippen LogP contribution in [0.25, 0.3) is 22.3 Å². The van der Waals surface area contributed by atoms with E-state index in [0.29, 0.717) is 11.2 Å². The number of carbonyl (C=O) groups is 1. The van der Waals surface area contributed by atoms with E-state index >= 15 is 0 Å². The van der Waals surface area contributed by atoms with Crippen molar-refractivity contribution >= 4 is 22.6 Å². The summed E-state index contributed by atoms with van der Waals surface area (Å²) in [6.45, 7) is 10.4. The van der Waals surface area contributed by atoms with E-state index in [0.717, 1.165) is 60.7 Å². The molecule has 180 valence electrons. The lowest BCUT2D eigenvalue weighted by Gasteiger charge is -2.26. The number of carbonyl (C=O) groups excluding carboxylic acids is 1. The summed E-state index contributed by atoms with van der Waals surface area (Å²) >= 11 is 0. The van der Waals surface area contributed by atoms with Gasteiger partial charge in [-0.3, -0.25) is 9.69 Å². The van der Waals surface area contributed by atoms with Gasteiger partial charge in [0, 0.05) is 36.9 Å². The number of hydrogen-bond acceptors (Lipinski definition) is 5. The van der Waals surface area contributed by atoms with Gasteiger partial charge >= 0.3 is 0 Å². The van der Waals surface area contributed by atoms with Crippen LogP contribution < -0.4 is 5.32 Å². The van der Waals surface area contributed by atoms with Crippen LogP contribution in [0.2, 0.25) is 0 Å². The number of aryl methyl sites for hydroxylation is 1. The zero-order valence-corrected chi connectivity index (χ0v) is 20.5. The van der Waals surface area contributed by atoms with E-state index in [1.807, 2.05) is 41.1 Å². The lowest BCUT2D eigenvalue weighted by Crippen LogP contribution is -2.35. The third-order valence-electron chi connectivity index (χ3n) is 6.34. The van der Waals surface area contributed by atoms with Gasteiger partial charge in [-0.1, -0.05) is 42.0 Å². The van der Waals surface area contributed by atoms with Crippen LogP contribution in [0.4, 0.5) is 5.69 Å². The molecule has 5 rings (SSSR count). The molecule has 1 N–H and O–H groups in total. The van der Waals surface area contributed by atoms with E-state index in [4.69, 9.17) is 9.72 Å². The van der Waals surface area contributed by atoms with E-state index in [-0.39, 0.29) is 11.9 Å². The van der Waals surface area contributed by atoms with Gasteiger partial charge in [0.25, 0.3) is 5.91 Å². The number of hydrogen-bond donors (Lipinski definition) is 1. The standard InChI is InChI=1S/C28H31N5O2/c1-19(2)33-27-25(17-29-33)24(16-26(31-27)22-9-7-20(3)8-10-22)28(34)30-23-6-4-5-21(15-23)18-32-11-13-35-14-12-32/h4-10,15-17,19H,11-14,18H2,1-3H3,(H,30,34). The summed E-state index contributed by atoms with van der Waals surface area (Å²) in [4.78, 5) is 20.8. The number of ether oxygens (including phenoxy) is 1. The molecule has 0 unspecified atom stereocenters. The Labute approximate surface area is 205 Å². The van der Waals surface area contributed by atoms with E-state index in [1.165, 1.54) is 5.56 Å². The average Bonchev–Trinajstić information content (AvgIpc) is 3.29. The molecule has 1 fully saturated rings. The minimum Gasteiger partial charge on any atom is -0.379 e. The summed E-state index contributed by atoms with van der Waals surface area (Å²) in [6, 6.07) is 18.2. The molecule has 0 bridgehead atoms. The third kappa shape index (κ3) is 5.11. The molecule has 0 saturated carbocycles. The molecule has 7 heteroatoms. The molecular weight excluding hydrogens is 438 g/mol. The van der Waals surface area contributed by atoms with Gasteiger partial charge in [-0.15, -0.1) is 0 Å². The van der Waals surface area contributed by atoms with Gasteiger partial charge in [0.1, 0.15) is 0 Å². The molecule has 0 radical (unpaired) electrons. The van der Waals surface area contributed by atoms with E-state index in [1.54, 1.807) is 6.20 Å². The first kappa shape index (κ1) is 23.2. The van der Waals surface area contributed by atoms with Crippen molar-refractivity contribution in [2.75, 3.05) is 31.6 Å². The largest absolute Gasteiger partial charge is 0.379 e. The molecule has 35 heavy (non-hydrogen) atoms. The van der Waals surface area contributed by atoms with Crippen LogP contribution in [0.3, 0.4) is 0 Å². The van der Waals surface area contributed by atoms with Crippen molar-refractivity contribution in [1.82, 2.24) is 19.7 Å². The fraction of sp³-hybridized carbons (Fsp3) is 0.321. The fourth-order valence-electron chi connectivity index (χ4n) is 4.42. The van der Waals surface area contributed by atoms with Gasteiger partial charge in [0.05, 0.1) is 36.1 Å². The zero-order chi connectivity index (χ0) is 24.4. The Kier molecular flexibility index (Phi) is 6.61. The van der Waals surface area contributed by atoms with E-state index in [2.05, 4.69) is 54.3 Å². The third-order valence-corrected chi connectivity index (χ3v) is 6.34. The lowest BCUT2D eigenvalue weighted by molar-refractivity contribution is 0.0342. The Hall–Kier alpha value is -3.55. The topological polar surface area (TPSA) is 72.3 Å². The second kappa shape index (κ2) is 9.98. The summed E-state index contributed by atoms with van der Waals surface area (Å²) < 4.78 is 7.32. The lowest BCUT2D eigenvalue weighted by atomic mass is 10.0. The maximum Gasteiger partial charge on any atom is 0.256 e. The molecule has 0 aliphatic carbocycles. The summed E-state index contributed by atoms with van der Waals surface area (Å²) in [6.07, 6.45) is 1.74. The highest BCUT2D eigenvalue weighted by atomic mass is 16.5. The minimum atomic E-state index is -0.169. The number of nitrogens with zero attached hydrogens (tertiary/aromatic N) is 4. The van der Waals surface area contributed by atoms with Gasteiger partial charge < -0.3 is 10.1 Å². The highest BCUT2D eigenvalue weighted by molar-refractivity contribution is 6.12. The van der Waals surface area contributed by atoms with Crippen LogP contribution in [-0.2, 0) is 11.3 Å². The molecular formula is C28H31N5O2. The number of rotatable bonds is 6. The number of pyridine rings is 1. The second-order valence-corrected chi connectivity index (χ2v) is 9.38. The number of aromatic nitrogens is 3. The fourth-order valence-corrected chi connectivity index (χ4v) is 4.42. The number of benzene rings is 2.